The summed E-state index contributed by atoms with van der Waals surface area (Å²) in [5.41, 5.74) is 3.78. The minimum Gasteiger partial charge on any atom is -0.465 e. The molecule has 0 bridgehead atoms. The van der Waals surface area contributed by atoms with Gasteiger partial charge in [0.25, 0.3) is 0 Å². The predicted octanol–water partition coefficient (Wildman–Crippen LogP) is 4.20. The number of hydrogen-bond acceptors (Lipinski definition) is 6. The fourth-order valence-corrected chi connectivity index (χ4v) is 4.31. The summed E-state index contributed by atoms with van der Waals surface area (Å²) in [5, 5.41) is 5.09. The van der Waals surface area contributed by atoms with Crippen molar-refractivity contribution in [3.63, 3.8) is 0 Å². The van der Waals surface area contributed by atoms with Crippen LogP contribution in [0.3, 0.4) is 0 Å². The maximum Gasteiger partial charge on any atom is 0.327 e. The Labute approximate surface area is 182 Å². The molecule has 1 atom stereocenters. The van der Waals surface area contributed by atoms with Crippen molar-refractivity contribution >= 4 is 39.7 Å². The number of imidazole rings is 1. The molecule has 1 aliphatic heterocycles. The lowest BCUT2D eigenvalue weighted by Gasteiger charge is -2.26. The molecule has 160 valence electrons. The van der Waals surface area contributed by atoms with Gasteiger partial charge in [0, 0.05) is 18.2 Å². The second-order valence-electron chi connectivity index (χ2n) is 7.08. The number of carbonyl (C=O) groups excluding carboxylic acids is 2. The summed E-state index contributed by atoms with van der Waals surface area (Å²) in [6.07, 6.45) is 0. The van der Waals surface area contributed by atoms with Gasteiger partial charge >= 0.3 is 11.2 Å². The van der Waals surface area contributed by atoms with Crippen LogP contribution in [0.2, 0.25) is 0 Å². The van der Waals surface area contributed by atoms with E-state index in [9.17, 15) is 14.0 Å². The number of rotatable bonds is 5. The molecule has 4 rings (SSSR count). The second kappa shape index (κ2) is 8.50. The number of hydrogen-bond donors (Lipinski definition) is 0. The van der Waals surface area contributed by atoms with Gasteiger partial charge in [-0.3, -0.25) is 9.59 Å². The lowest BCUT2D eigenvalue weighted by Crippen LogP contribution is -2.37. The van der Waals surface area contributed by atoms with Gasteiger partial charge in [-0.05, 0) is 38.1 Å². The van der Waals surface area contributed by atoms with Crippen LogP contribution >= 0.6 is 11.8 Å². The van der Waals surface area contributed by atoms with Crippen LogP contribution in [-0.4, -0.2) is 49.9 Å². The average Bonchev–Trinajstić information content (AvgIpc) is 3.06. The average molecular weight is 441 g/mol. The summed E-state index contributed by atoms with van der Waals surface area (Å²) in [7, 11) is 1.88. The van der Waals surface area contributed by atoms with E-state index in [0.29, 0.717) is 17.1 Å². The molecule has 0 fully saturated rings. The van der Waals surface area contributed by atoms with Crippen molar-refractivity contribution in [2.45, 2.75) is 19.1 Å². The molecule has 31 heavy (non-hydrogen) atoms. The maximum absolute atomic E-state index is 13.7. The first-order valence-electron chi connectivity index (χ1n) is 9.82. The summed E-state index contributed by atoms with van der Waals surface area (Å²) in [6, 6.07) is 12.0. The summed E-state index contributed by atoms with van der Waals surface area (Å²) in [6.45, 7) is 3.61. The van der Waals surface area contributed by atoms with Crippen molar-refractivity contribution in [1.82, 2.24) is 14.6 Å². The van der Waals surface area contributed by atoms with Crippen molar-refractivity contribution in [3.8, 4) is 11.4 Å². The zero-order chi connectivity index (χ0) is 22.1. The molecule has 7 nitrogen and oxygen atoms in total. The molecule has 9 heteroatoms. The van der Waals surface area contributed by atoms with Crippen LogP contribution in [0.1, 0.15) is 19.4 Å². The van der Waals surface area contributed by atoms with Crippen LogP contribution in [0.4, 0.5) is 9.18 Å². The van der Waals surface area contributed by atoms with E-state index in [-0.39, 0.29) is 29.5 Å². The van der Waals surface area contributed by atoms with Gasteiger partial charge in [-0.15, -0.1) is 0 Å². The maximum atomic E-state index is 13.7. The number of ether oxygens (including phenoxy) is 1. The highest BCUT2D eigenvalue weighted by atomic mass is 32.2. The summed E-state index contributed by atoms with van der Waals surface area (Å²) in [5.74, 6) is -0.174. The Bertz CT molecular complexity index is 1210. The van der Waals surface area contributed by atoms with Gasteiger partial charge in [0.15, 0.2) is 0 Å². The molecular formula is C22H21FN4O3S. The van der Waals surface area contributed by atoms with Crippen molar-refractivity contribution in [2.75, 3.05) is 13.2 Å². The first-order valence-corrected chi connectivity index (χ1v) is 10.7. The number of thioether (sulfide) groups is 1. The Hall–Kier alpha value is -3.20. The Kier molecular flexibility index (Phi) is 5.77. The zero-order valence-electron chi connectivity index (χ0n) is 17.3. The van der Waals surface area contributed by atoms with Crippen molar-refractivity contribution in [3.05, 3.63) is 53.8 Å². The third-order valence-corrected chi connectivity index (χ3v) is 5.93. The van der Waals surface area contributed by atoms with Gasteiger partial charge in [0.1, 0.15) is 18.2 Å². The van der Waals surface area contributed by atoms with Crippen LogP contribution in [0.5, 0.6) is 0 Å². The van der Waals surface area contributed by atoms with E-state index >= 15 is 0 Å². The van der Waals surface area contributed by atoms with Gasteiger partial charge in [0.05, 0.1) is 28.6 Å². The molecule has 0 N–H and O–H groups in total. The molecule has 1 aromatic heterocycles. The van der Waals surface area contributed by atoms with Crippen molar-refractivity contribution in [2.24, 2.45) is 12.1 Å². The lowest BCUT2D eigenvalue weighted by molar-refractivity contribution is -0.143. The normalized spacial score (nSPS) is 16.5. The Morgan fingerprint density at radius 2 is 2.03 bits per heavy atom. The van der Waals surface area contributed by atoms with Gasteiger partial charge in [0.2, 0.25) is 0 Å². The van der Waals surface area contributed by atoms with Gasteiger partial charge in [-0.25, -0.2) is 14.4 Å². The van der Waals surface area contributed by atoms with Crippen LogP contribution in [0.25, 0.3) is 22.4 Å². The number of benzene rings is 2. The van der Waals surface area contributed by atoms with Crippen LogP contribution in [-0.2, 0) is 16.6 Å². The first kappa shape index (κ1) is 21.0. The SMILES string of the molecule is CCOC(=O)CN1N=C(c2ccc3c(c2)nc(-c2cccc(F)c2)n3C)C(C)SC1=O. The summed E-state index contributed by atoms with van der Waals surface area (Å²) in [4.78, 5) is 28.8. The summed E-state index contributed by atoms with van der Waals surface area (Å²) < 4.78 is 20.5. The number of hydrazone groups is 1. The number of aromatic nitrogens is 2. The van der Waals surface area contributed by atoms with E-state index < -0.39 is 5.97 Å². The molecule has 0 saturated heterocycles. The smallest absolute Gasteiger partial charge is 0.327 e. The zero-order valence-corrected chi connectivity index (χ0v) is 18.1. The van der Waals surface area contributed by atoms with Crippen LogP contribution in [0.15, 0.2) is 47.6 Å². The molecule has 2 heterocycles. The van der Waals surface area contributed by atoms with Crippen LogP contribution < -0.4 is 0 Å². The van der Waals surface area contributed by atoms with Crippen molar-refractivity contribution in [1.29, 1.82) is 0 Å². The number of carbonyl (C=O) groups is 2. The first-order chi connectivity index (χ1) is 14.9. The highest BCUT2D eigenvalue weighted by Gasteiger charge is 2.30. The third-order valence-electron chi connectivity index (χ3n) is 4.95. The van der Waals surface area contributed by atoms with Gasteiger partial charge in [-0.1, -0.05) is 30.0 Å². The Morgan fingerprint density at radius 3 is 2.77 bits per heavy atom. The second-order valence-corrected chi connectivity index (χ2v) is 8.37. The van der Waals surface area contributed by atoms with E-state index in [0.717, 1.165) is 33.4 Å². The van der Waals surface area contributed by atoms with E-state index in [1.54, 1.807) is 13.0 Å². The quantitative estimate of drug-likeness (QED) is 0.556. The largest absolute Gasteiger partial charge is 0.465 e. The molecule has 0 spiro atoms. The lowest BCUT2D eigenvalue weighted by atomic mass is 10.1. The fourth-order valence-electron chi connectivity index (χ4n) is 3.49. The predicted molar refractivity (Wildman–Crippen MR) is 118 cm³/mol. The van der Waals surface area contributed by atoms with Gasteiger partial charge < -0.3 is 9.30 Å². The molecule has 1 unspecified atom stereocenters. The number of esters is 1. The van der Waals surface area contributed by atoms with E-state index in [1.165, 1.54) is 12.1 Å². The topological polar surface area (TPSA) is 76.8 Å². The molecular weight excluding hydrogens is 419 g/mol. The molecule has 0 aliphatic carbocycles. The van der Waals surface area contributed by atoms with E-state index in [1.807, 2.05) is 42.8 Å². The fraction of sp³-hybridized carbons (Fsp3) is 0.273. The summed E-state index contributed by atoms with van der Waals surface area (Å²) >= 11 is 1.11. The number of nitrogens with zero attached hydrogens (tertiary/aromatic N) is 4. The molecule has 2 aromatic carbocycles. The third kappa shape index (κ3) is 4.18. The highest BCUT2D eigenvalue weighted by Crippen LogP contribution is 2.29. The molecule has 1 amide bonds. The standard InChI is InChI=1S/C22H21FN4O3S/c1-4-30-19(28)12-27-22(29)31-13(2)20(25-27)14-8-9-18-17(11-14)24-21(26(18)3)15-6-5-7-16(23)10-15/h5-11,13H,4,12H2,1-3H3. The highest BCUT2D eigenvalue weighted by molar-refractivity contribution is 8.14. The molecule has 0 saturated carbocycles. The minimum absolute atomic E-state index is 0.185. The van der Waals surface area contributed by atoms with Crippen LogP contribution in [0, 0.1) is 5.82 Å². The molecule has 3 aromatic rings. The number of amides is 1. The molecule has 0 radical (unpaired) electrons. The number of fused-ring (bicyclic) bond motifs is 1. The van der Waals surface area contributed by atoms with E-state index in [4.69, 9.17) is 9.72 Å². The number of halogens is 1. The monoisotopic (exact) mass is 440 g/mol. The van der Waals surface area contributed by atoms with Gasteiger partial charge in [-0.2, -0.15) is 5.10 Å². The minimum atomic E-state index is -0.506. The van der Waals surface area contributed by atoms with Crippen molar-refractivity contribution < 1.29 is 18.7 Å². The number of aryl methyl sites for hydroxylation is 1. The molecule has 1 aliphatic rings. The van der Waals surface area contributed by atoms with E-state index in [2.05, 4.69) is 5.10 Å². The Balaban J connectivity index is 1.71. The Morgan fingerprint density at radius 1 is 1.23 bits per heavy atom.